The van der Waals surface area contributed by atoms with Gasteiger partial charge in [0.2, 0.25) is 0 Å². The second kappa shape index (κ2) is 9.60. The summed E-state index contributed by atoms with van der Waals surface area (Å²) in [6, 6.07) is 6.56. The lowest BCUT2D eigenvalue weighted by Crippen LogP contribution is -2.40. The highest BCUT2D eigenvalue weighted by atomic mass is 32.1. The Morgan fingerprint density at radius 1 is 1.18 bits per heavy atom. The third-order valence-electron chi connectivity index (χ3n) is 5.48. The summed E-state index contributed by atoms with van der Waals surface area (Å²) in [4.78, 5) is 33.1. The molecule has 0 radical (unpaired) electrons. The van der Waals surface area contributed by atoms with E-state index in [0.29, 0.717) is 37.7 Å². The molecule has 0 spiro atoms. The number of aryl methyl sites for hydroxylation is 1. The molecule has 0 aliphatic carbocycles. The average molecular weight is 499 g/mol. The summed E-state index contributed by atoms with van der Waals surface area (Å²) >= 11 is 2.87. The molecule has 9 heteroatoms. The van der Waals surface area contributed by atoms with Gasteiger partial charge in [-0.15, -0.1) is 11.3 Å². The number of carbonyl (C=O) groups is 1. The molecule has 4 rings (SSSR count). The van der Waals surface area contributed by atoms with E-state index in [9.17, 15) is 9.59 Å². The standard InChI is InChI=1S/C25H26N2O5S2/c1-13(2)32-24(29)21-15(4)26-25-27(22(21)17-11-16(30-5)7-8-18(17)31-6)23(28)20(34-25)12-19-14(3)9-10-33-19/h7-13,22H,1-6H3/t22-/m1/s1. The SMILES string of the molecule is COc1ccc(OC)c([C@@H]2C(C(=O)OC(C)C)=C(C)N=c3sc(=Cc4sccc4C)c(=O)n32)c1. The maximum absolute atomic E-state index is 13.7. The number of nitrogens with zero attached hydrogens (tertiary/aromatic N) is 2. The van der Waals surface area contributed by atoms with Gasteiger partial charge in [-0.05, 0) is 69.0 Å². The number of thiazole rings is 1. The number of allylic oxidation sites excluding steroid dienone is 1. The fraction of sp³-hybridized carbons (Fsp3) is 0.320. The predicted octanol–water partition coefficient (Wildman–Crippen LogP) is 3.57. The summed E-state index contributed by atoms with van der Waals surface area (Å²) in [5, 5.41) is 1.99. The van der Waals surface area contributed by atoms with Gasteiger partial charge in [-0.3, -0.25) is 9.36 Å². The molecule has 0 N–H and O–H groups in total. The molecule has 3 aromatic rings. The molecule has 3 heterocycles. The van der Waals surface area contributed by atoms with E-state index in [4.69, 9.17) is 14.2 Å². The van der Waals surface area contributed by atoms with E-state index >= 15 is 0 Å². The summed E-state index contributed by atoms with van der Waals surface area (Å²) in [7, 11) is 3.12. The highest BCUT2D eigenvalue weighted by molar-refractivity contribution is 7.11. The van der Waals surface area contributed by atoms with Crippen LogP contribution < -0.4 is 24.4 Å². The van der Waals surface area contributed by atoms with Gasteiger partial charge < -0.3 is 14.2 Å². The normalized spacial score (nSPS) is 15.9. The number of aromatic nitrogens is 1. The molecule has 0 saturated carbocycles. The van der Waals surface area contributed by atoms with Crippen LogP contribution in [0.4, 0.5) is 0 Å². The summed E-state index contributed by atoms with van der Waals surface area (Å²) in [6.45, 7) is 7.34. The number of fused-ring (bicyclic) bond motifs is 1. The Balaban J connectivity index is 2.03. The zero-order valence-electron chi connectivity index (χ0n) is 19.9. The van der Waals surface area contributed by atoms with E-state index in [-0.39, 0.29) is 11.7 Å². The summed E-state index contributed by atoms with van der Waals surface area (Å²) < 4.78 is 18.7. The van der Waals surface area contributed by atoms with Crippen molar-refractivity contribution in [2.45, 2.75) is 39.8 Å². The molecule has 1 aliphatic rings. The zero-order chi connectivity index (χ0) is 24.6. The van der Waals surface area contributed by atoms with Crippen LogP contribution >= 0.6 is 22.7 Å². The Morgan fingerprint density at radius 2 is 1.94 bits per heavy atom. The van der Waals surface area contributed by atoms with Gasteiger partial charge in [0, 0.05) is 10.4 Å². The lowest BCUT2D eigenvalue weighted by atomic mass is 9.94. The quantitative estimate of drug-likeness (QED) is 0.486. The molecular weight excluding hydrogens is 472 g/mol. The molecule has 0 fully saturated rings. The maximum atomic E-state index is 13.7. The molecule has 0 bridgehead atoms. The first-order valence-electron chi connectivity index (χ1n) is 10.7. The average Bonchev–Trinajstić information content (AvgIpc) is 3.34. The first-order chi connectivity index (χ1) is 16.2. The van der Waals surface area contributed by atoms with E-state index in [1.165, 1.54) is 11.3 Å². The van der Waals surface area contributed by atoms with Crippen LogP contribution in [0.15, 0.2) is 50.7 Å². The van der Waals surface area contributed by atoms with Crippen molar-refractivity contribution in [1.82, 2.24) is 4.57 Å². The van der Waals surface area contributed by atoms with Crippen LogP contribution in [-0.4, -0.2) is 30.9 Å². The number of benzene rings is 1. The molecule has 0 amide bonds. The van der Waals surface area contributed by atoms with Gasteiger partial charge in [0.15, 0.2) is 4.80 Å². The Morgan fingerprint density at radius 3 is 2.56 bits per heavy atom. The van der Waals surface area contributed by atoms with Crippen LogP contribution in [0.5, 0.6) is 11.5 Å². The maximum Gasteiger partial charge on any atom is 0.338 e. The monoisotopic (exact) mass is 498 g/mol. The second-order valence-corrected chi connectivity index (χ2v) is 10.1. The number of hydrogen-bond acceptors (Lipinski definition) is 8. The van der Waals surface area contributed by atoms with Crippen LogP contribution in [0.3, 0.4) is 0 Å². The number of thiophene rings is 1. The van der Waals surface area contributed by atoms with Crippen molar-refractivity contribution in [3.63, 3.8) is 0 Å². The summed E-state index contributed by atoms with van der Waals surface area (Å²) in [5.41, 5.74) is 2.28. The largest absolute Gasteiger partial charge is 0.497 e. The fourth-order valence-corrected chi connectivity index (χ4v) is 5.82. The molecule has 178 valence electrons. The third kappa shape index (κ3) is 4.33. The predicted molar refractivity (Wildman–Crippen MR) is 134 cm³/mol. The number of ether oxygens (including phenoxy) is 3. The highest BCUT2D eigenvalue weighted by Crippen LogP contribution is 2.38. The third-order valence-corrected chi connectivity index (χ3v) is 7.43. The van der Waals surface area contributed by atoms with Crippen LogP contribution in [0.2, 0.25) is 0 Å². The molecule has 34 heavy (non-hydrogen) atoms. The minimum absolute atomic E-state index is 0.228. The topological polar surface area (TPSA) is 79.1 Å². The minimum atomic E-state index is -0.779. The van der Waals surface area contributed by atoms with Gasteiger partial charge in [0.25, 0.3) is 5.56 Å². The van der Waals surface area contributed by atoms with Crippen molar-refractivity contribution in [2.24, 2.45) is 4.99 Å². The Bertz CT molecular complexity index is 1460. The smallest absolute Gasteiger partial charge is 0.338 e. The van der Waals surface area contributed by atoms with Crippen molar-refractivity contribution in [1.29, 1.82) is 0 Å². The molecule has 1 aromatic carbocycles. The lowest BCUT2D eigenvalue weighted by molar-refractivity contribution is -0.143. The number of esters is 1. The number of methoxy groups -OCH3 is 2. The molecule has 2 aromatic heterocycles. The van der Waals surface area contributed by atoms with E-state index < -0.39 is 12.0 Å². The van der Waals surface area contributed by atoms with Gasteiger partial charge >= 0.3 is 5.97 Å². The molecule has 7 nitrogen and oxygen atoms in total. The van der Waals surface area contributed by atoms with E-state index in [1.54, 1.807) is 69.1 Å². The Hall–Kier alpha value is -3.17. The van der Waals surface area contributed by atoms with Crippen molar-refractivity contribution < 1.29 is 19.0 Å². The van der Waals surface area contributed by atoms with Crippen molar-refractivity contribution in [3.8, 4) is 11.5 Å². The van der Waals surface area contributed by atoms with Gasteiger partial charge in [0.1, 0.15) is 17.5 Å². The minimum Gasteiger partial charge on any atom is -0.497 e. The molecular formula is C25H26N2O5S2. The Labute approximate surface area is 205 Å². The van der Waals surface area contributed by atoms with Crippen LogP contribution in [-0.2, 0) is 9.53 Å². The van der Waals surface area contributed by atoms with Crippen LogP contribution in [0.25, 0.3) is 6.08 Å². The van der Waals surface area contributed by atoms with Gasteiger partial charge in [-0.2, -0.15) is 0 Å². The lowest BCUT2D eigenvalue weighted by Gasteiger charge is -2.26. The van der Waals surface area contributed by atoms with Gasteiger partial charge in [-0.1, -0.05) is 11.3 Å². The highest BCUT2D eigenvalue weighted by Gasteiger charge is 2.35. The molecule has 0 saturated heterocycles. The summed E-state index contributed by atoms with van der Waals surface area (Å²) in [5.74, 6) is 0.590. The zero-order valence-corrected chi connectivity index (χ0v) is 21.5. The van der Waals surface area contributed by atoms with E-state index in [2.05, 4.69) is 4.99 Å². The van der Waals surface area contributed by atoms with Gasteiger partial charge in [0.05, 0.1) is 36.1 Å². The van der Waals surface area contributed by atoms with Crippen molar-refractivity contribution in [3.05, 3.63) is 76.6 Å². The van der Waals surface area contributed by atoms with Crippen molar-refractivity contribution >= 4 is 34.7 Å². The van der Waals surface area contributed by atoms with Crippen LogP contribution in [0.1, 0.15) is 42.8 Å². The molecule has 0 unspecified atom stereocenters. The number of hydrogen-bond donors (Lipinski definition) is 0. The van der Waals surface area contributed by atoms with Gasteiger partial charge in [-0.25, -0.2) is 9.79 Å². The first-order valence-corrected chi connectivity index (χ1v) is 12.4. The number of rotatable bonds is 6. The molecule has 1 aliphatic heterocycles. The summed E-state index contributed by atoms with van der Waals surface area (Å²) in [6.07, 6.45) is 1.56. The fourth-order valence-electron chi connectivity index (χ4n) is 3.86. The van der Waals surface area contributed by atoms with E-state index in [1.807, 2.05) is 24.4 Å². The molecule has 1 atom stereocenters. The number of carbonyl (C=O) groups excluding carboxylic acids is 1. The Kier molecular flexibility index (Phi) is 6.77. The van der Waals surface area contributed by atoms with E-state index in [0.717, 1.165) is 10.4 Å². The second-order valence-electron chi connectivity index (χ2n) is 8.11. The van der Waals surface area contributed by atoms with Crippen LogP contribution in [0, 0.1) is 6.92 Å². The van der Waals surface area contributed by atoms with Crippen molar-refractivity contribution in [2.75, 3.05) is 14.2 Å². The first kappa shape index (κ1) is 24.0.